The van der Waals surface area contributed by atoms with Gasteiger partial charge in [0, 0.05) is 31.2 Å². The molecule has 0 aliphatic rings. The number of aliphatic hydroxyl groups excluding tert-OH is 1. The van der Waals surface area contributed by atoms with E-state index >= 15 is 0 Å². The third kappa shape index (κ3) is 7.22. The van der Waals surface area contributed by atoms with Crippen LogP contribution in [0.15, 0.2) is 42.5 Å². The molecule has 2 aromatic rings. The lowest BCUT2D eigenvalue weighted by Crippen LogP contribution is -2.28. The third-order valence-corrected chi connectivity index (χ3v) is 3.96. The summed E-state index contributed by atoms with van der Waals surface area (Å²) in [6.07, 6.45) is 0. The van der Waals surface area contributed by atoms with E-state index in [1.54, 1.807) is 0 Å². The van der Waals surface area contributed by atoms with Crippen LogP contribution in [0.5, 0.6) is 11.5 Å². The van der Waals surface area contributed by atoms with Crippen LogP contribution < -0.4 is 20.1 Å². The largest absolute Gasteiger partial charge is 0.490 e. The molecule has 0 aromatic heterocycles. The van der Waals surface area contributed by atoms with Gasteiger partial charge >= 0.3 is 0 Å². The van der Waals surface area contributed by atoms with Gasteiger partial charge in [0.1, 0.15) is 6.61 Å². The number of aliphatic hydroxyl groups is 1. The molecule has 0 aliphatic carbocycles. The van der Waals surface area contributed by atoms with Crippen molar-refractivity contribution < 1.29 is 14.6 Å². The quantitative estimate of drug-likeness (QED) is 0.495. The van der Waals surface area contributed by atoms with Gasteiger partial charge in [-0.1, -0.05) is 29.8 Å². The Morgan fingerprint density at radius 2 is 1.62 bits per heavy atom. The number of halogens is 1. The molecule has 0 saturated heterocycles. The average molecular weight is 379 g/mol. The molecule has 26 heavy (non-hydrogen) atoms. The first-order valence-corrected chi connectivity index (χ1v) is 9.26. The monoisotopic (exact) mass is 378 g/mol. The second-order valence-corrected chi connectivity index (χ2v) is 6.22. The van der Waals surface area contributed by atoms with Crippen LogP contribution in [0.3, 0.4) is 0 Å². The molecule has 6 heteroatoms. The van der Waals surface area contributed by atoms with E-state index in [2.05, 4.69) is 10.6 Å². The van der Waals surface area contributed by atoms with Gasteiger partial charge in [0.25, 0.3) is 0 Å². The Kier molecular flexibility index (Phi) is 9.28. The van der Waals surface area contributed by atoms with E-state index in [0.29, 0.717) is 24.8 Å². The Morgan fingerprint density at radius 1 is 0.885 bits per heavy atom. The van der Waals surface area contributed by atoms with Crippen LogP contribution in [0.1, 0.15) is 18.1 Å². The minimum Gasteiger partial charge on any atom is -0.490 e. The van der Waals surface area contributed by atoms with Gasteiger partial charge < -0.3 is 25.2 Å². The van der Waals surface area contributed by atoms with E-state index in [1.165, 1.54) is 0 Å². The molecule has 0 saturated carbocycles. The van der Waals surface area contributed by atoms with E-state index < -0.39 is 0 Å². The van der Waals surface area contributed by atoms with Gasteiger partial charge in [-0.3, -0.25) is 0 Å². The highest BCUT2D eigenvalue weighted by atomic mass is 35.5. The first-order chi connectivity index (χ1) is 12.7. The van der Waals surface area contributed by atoms with Crippen molar-refractivity contribution in [3.8, 4) is 11.5 Å². The molecule has 142 valence electrons. The van der Waals surface area contributed by atoms with Crippen LogP contribution >= 0.6 is 11.6 Å². The smallest absolute Gasteiger partial charge is 0.161 e. The van der Waals surface area contributed by atoms with Crippen molar-refractivity contribution in [2.75, 3.05) is 32.8 Å². The minimum atomic E-state index is 0.162. The number of benzene rings is 2. The van der Waals surface area contributed by atoms with Crippen molar-refractivity contribution >= 4 is 11.6 Å². The molecule has 0 amide bonds. The van der Waals surface area contributed by atoms with E-state index in [9.17, 15) is 0 Å². The number of nitrogens with one attached hydrogen (secondary N) is 2. The molecule has 0 unspecified atom stereocenters. The van der Waals surface area contributed by atoms with Crippen LogP contribution in [0, 0.1) is 0 Å². The van der Waals surface area contributed by atoms with E-state index in [4.69, 9.17) is 26.2 Å². The summed E-state index contributed by atoms with van der Waals surface area (Å²) in [6.45, 7) is 6.19. The fourth-order valence-corrected chi connectivity index (χ4v) is 2.53. The number of hydrogen-bond acceptors (Lipinski definition) is 5. The highest BCUT2D eigenvalue weighted by Gasteiger charge is 2.07. The molecule has 0 fully saturated rings. The van der Waals surface area contributed by atoms with Gasteiger partial charge in [-0.15, -0.1) is 0 Å². The third-order valence-electron chi connectivity index (χ3n) is 3.71. The van der Waals surface area contributed by atoms with Crippen molar-refractivity contribution in [1.29, 1.82) is 0 Å². The van der Waals surface area contributed by atoms with E-state index in [0.717, 1.165) is 42.3 Å². The van der Waals surface area contributed by atoms with Crippen LogP contribution in [0.4, 0.5) is 0 Å². The van der Waals surface area contributed by atoms with Gasteiger partial charge in [-0.05, 0) is 42.3 Å². The molecule has 0 atom stereocenters. The molecular formula is C20H27ClN2O3. The van der Waals surface area contributed by atoms with Gasteiger partial charge in [0.2, 0.25) is 0 Å². The molecule has 0 spiro atoms. The van der Waals surface area contributed by atoms with E-state index in [-0.39, 0.29) is 6.61 Å². The first kappa shape index (κ1) is 20.5. The lowest BCUT2D eigenvalue weighted by atomic mass is 10.2. The zero-order chi connectivity index (χ0) is 18.6. The Hall–Kier alpha value is -1.79. The maximum atomic E-state index is 8.72. The Labute approximate surface area is 160 Å². The number of hydrogen-bond donors (Lipinski definition) is 3. The van der Waals surface area contributed by atoms with Crippen molar-refractivity contribution in [1.82, 2.24) is 10.6 Å². The van der Waals surface area contributed by atoms with E-state index in [1.807, 2.05) is 49.4 Å². The lowest BCUT2D eigenvalue weighted by Gasteiger charge is -2.14. The molecule has 2 aromatic carbocycles. The number of rotatable bonds is 12. The summed E-state index contributed by atoms with van der Waals surface area (Å²) >= 11 is 5.91. The fraction of sp³-hybridized carbons (Fsp3) is 0.400. The van der Waals surface area contributed by atoms with Gasteiger partial charge in [-0.2, -0.15) is 0 Å². The highest BCUT2D eigenvalue weighted by Crippen LogP contribution is 2.29. The molecular weight excluding hydrogens is 352 g/mol. The van der Waals surface area contributed by atoms with Crippen molar-refractivity contribution in [3.05, 3.63) is 58.6 Å². The molecule has 0 heterocycles. The molecule has 5 nitrogen and oxygen atoms in total. The molecule has 0 bridgehead atoms. The van der Waals surface area contributed by atoms with Gasteiger partial charge in [0.15, 0.2) is 11.5 Å². The summed E-state index contributed by atoms with van der Waals surface area (Å²) in [5.74, 6) is 1.48. The normalized spacial score (nSPS) is 10.7. The Morgan fingerprint density at radius 3 is 2.35 bits per heavy atom. The zero-order valence-electron chi connectivity index (χ0n) is 15.1. The SMILES string of the molecule is CCOc1cc(CNCCNCCO)ccc1OCc1ccc(Cl)cc1. The van der Waals surface area contributed by atoms with Crippen LogP contribution in [0.2, 0.25) is 5.02 Å². The first-order valence-electron chi connectivity index (χ1n) is 8.88. The van der Waals surface area contributed by atoms with Crippen molar-refractivity contribution in [2.45, 2.75) is 20.1 Å². The molecule has 3 N–H and O–H groups in total. The van der Waals surface area contributed by atoms with Crippen LogP contribution in [-0.4, -0.2) is 38.0 Å². The van der Waals surface area contributed by atoms with Crippen LogP contribution in [0.25, 0.3) is 0 Å². The Bertz CT molecular complexity index is 650. The van der Waals surface area contributed by atoms with Crippen LogP contribution in [-0.2, 0) is 13.2 Å². The van der Waals surface area contributed by atoms with Crippen molar-refractivity contribution in [2.24, 2.45) is 0 Å². The predicted molar refractivity (Wildman–Crippen MR) is 105 cm³/mol. The minimum absolute atomic E-state index is 0.162. The summed E-state index contributed by atoms with van der Waals surface area (Å²) in [5, 5.41) is 15.9. The topological polar surface area (TPSA) is 62.8 Å². The van der Waals surface area contributed by atoms with Gasteiger partial charge in [-0.25, -0.2) is 0 Å². The Balaban J connectivity index is 1.89. The molecule has 0 aliphatic heterocycles. The summed E-state index contributed by atoms with van der Waals surface area (Å²) < 4.78 is 11.6. The average Bonchev–Trinajstić information content (AvgIpc) is 2.65. The second-order valence-electron chi connectivity index (χ2n) is 5.78. The summed E-state index contributed by atoms with van der Waals surface area (Å²) in [4.78, 5) is 0. The number of ether oxygens (including phenoxy) is 2. The summed E-state index contributed by atoms with van der Waals surface area (Å²) in [5.41, 5.74) is 2.19. The van der Waals surface area contributed by atoms with Crippen molar-refractivity contribution in [3.63, 3.8) is 0 Å². The highest BCUT2D eigenvalue weighted by molar-refractivity contribution is 6.30. The maximum absolute atomic E-state index is 8.72. The second kappa shape index (κ2) is 11.8. The summed E-state index contributed by atoms with van der Waals surface area (Å²) in [7, 11) is 0. The standard InChI is InChI=1S/C20H27ClN2O3/c1-2-25-20-13-17(14-23-10-9-22-11-12-24)5-8-19(20)26-15-16-3-6-18(21)7-4-16/h3-8,13,22-24H,2,9-12,14-15H2,1H3. The molecule has 2 rings (SSSR count). The summed E-state index contributed by atoms with van der Waals surface area (Å²) in [6, 6.07) is 13.6. The zero-order valence-corrected chi connectivity index (χ0v) is 15.9. The van der Waals surface area contributed by atoms with Gasteiger partial charge in [0.05, 0.1) is 13.2 Å². The fourth-order valence-electron chi connectivity index (χ4n) is 2.41. The molecule has 0 radical (unpaired) electrons. The lowest BCUT2D eigenvalue weighted by molar-refractivity contribution is 0.269. The maximum Gasteiger partial charge on any atom is 0.161 e. The predicted octanol–water partition coefficient (Wildman–Crippen LogP) is 2.99.